The lowest BCUT2D eigenvalue weighted by atomic mass is 10.1. The predicted molar refractivity (Wildman–Crippen MR) is 72.0 cm³/mol. The van der Waals surface area contributed by atoms with E-state index in [1.54, 1.807) is 18.2 Å². The van der Waals surface area contributed by atoms with E-state index in [0.29, 0.717) is 6.04 Å². The summed E-state index contributed by atoms with van der Waals surface area (Å²) in [7, 11) is 0. The first-order valence-electron chi connectivity index (χ1n) is 6.39. The van der Waals surface area contributed by atoms with Gasteiger partial charge in [0, 0.05) is 30.4 Å². The molecule has 5 heteroatoms. The minimum absolute atomic E-state index is 0.141. The molecular weight excluding hydrogens is 230 g/mol. The summed E-state index contributed by atoms with van der Waals surface area (Å²) in [5, 5.41) is 17.4. The second-order valence-electron chi connectivity index (χ2n) is 4.77. The summed E-state index contributed by atoms with van der Waals surface area (Å²) in [6.45, 7) is 3.92. The highest BCUT2D eigenvalue weighted by molar-refractivity contribution is 5.56. The van der Waals surface area contributed by atoms with Crippen molar-refractivity contribution in [3.8, 4) is 0 Å². The Morgan fingerprint density at radius 1 is 1.56 bits per heavy atom. The second kappa shape index (κ2) is 5.82. The summed E-state index contributed by atoms with van der Waals surface area (Å²) in [6, 6.07) is 5.53. The van der Waals surface area contributed by atoms with Crippen LogP contribution in [0.25, 0.3) is 0 Å². The topological polar surface area (TPSA) is 67.2 Å². The van der Waals surface area contributed by atoms with Crippen LogP contribution in [0.15, 0.2) is 18.2 Å². The normalized spacial score (nSPS) is 18.8. The number of anilines is 1. The van der Waals surface area contributed by atoms with Crippen LogP contribution in [-0.2, 0) is 0 Å². The van der Waals surface area contributed by atoms with Gasteiger partial charge in [0.25, 0.3) is 5.69 Å². The molecule has 0 aliphatic carbocycles. The van der Waals surface area contributed by atoms with Crippen LogP contribution in [0.2, 0.25) is 0 Å². The molecule has 1 aromatic carbocycles. The minimum Gasteiger partial charge on any atom is -0.385 e. The summed E-state index contributed by atoms with van der Waals surface area (Å²) in [5.41, 5.74) is 2.05. The van der Waals surface area contributed by atoms with Crippen molar-refractivity contribution in [2.24, 2.45) is 0 Å². The molecule has 1 aromatic rings. The monoisotopic (exact) mass is 249 g/mol. The maximum atomic E-state index is 10.7. The molecule has 1 fully saturated rings. The van der Waals surface area contributed by atoms with Gasteiger partial charge in [0.2, 0.25) is 0 Å². The maximum absolute atomic E-state index is 10.7. The van der Waals surface area contributed by atoms with E-state index in [4.69, 9.17) is 0 Å². The molecule has 2 rings (SSSR count). The minimum atomic E-state index is -0.358. The van der Waals surface area contributed by atoms with Gasteiger partial charge >= 0.3 is 0 Å². The molecule has 2 N–H and O–H groups in total. The number of aryl methyl sites for hydroxylation is 1. The van der Waals surface area contributed by atoms with Gasteiger partial charge in [0.1, 0.15) is 0 Å². The van der Waals surface area contributed by atoms with Crippen LogP contribution in [0.4, 0.5) is 11.4 Å². The first-order chi connectivity index (χ1) is 8.66. The van der Waals surface area contributed by atoms with Crippen molar-refractivity contribution in [2.75, 3.05) is 18.4 Å². The Bertz CT molecular complexity index is 428. The number of benzene rings is 1. The van der Waals surface area contributed by atoms with Gasteiger partial charge in [0.05, 0.1) is 4.92 Å². The van der Waals surface area contributed by atoms with Gasteiger partial charge in [-0.15, -0.1) is 0 Å². The quantitative estimate of drug-likeness (QED) is 0.621. The Hall–Kier alpha value is -1.62. The van der Waals surface area contributed by atoms with Crippen LogP contribution in [0.1, 0.15) is 24.8 Å². The number of nitro benzene ring substituents is 1. The summed E-state index contributed by atoms with van der Waals surface area (Å²) in [6.07, 6.45) is 3.54. The van der Waals surface area contributed by atoms with Crippen LogP contribution in [0, 0.1) is 17.0 Å². The lowest BCUT2D eigenvalue weighted by molar-refractivity contribution is -0.384. The molecule has 0 unspecified atom stereocenters. The Kier molecular flexibility index (Phi) is 4.15. The third-order valence-electron chi connectivity index (χ3n) is 3.40. The van der Waals surface area contributed by atoms with Crippen molar-refractivity contribution >= 4 is 11.4 Å². The third kappa shape index (κ3) is 3.20. The lowest BCUT2D eigenvalue weighted by Gasteiger charge is -2.13. The summed E-state index contributed by atoms with van der Waals surface area (Å²) in [5.74, 6) is 0. The zero-order valence-corrected chi connectivity index (χ0v) is 10.6. The van der Waals surface area contributed by atoms with Gasteiger partial charge < -0.3 is 10.6 Å². The van der Waals surface area contributed by atoms with Gasteiger partial charge in [-0.3, -0.25) is 10.1 Å². The van der Waals surface area contributed by atoms with Gasteiger partial charge in [0.15, 0.2) is 0 Å². The predicted octanol–water partition coefficient (Wildman–Crippen LogP) is 2.46. The van der Waals surface area contributed by atoms with E-state index < -0.39 is 0 Å². The number of hydrogen-bond acceptors (Lipinski definition) is 4. The highest BCUT2D eigenvalue weighted by Gasteiger charge is 2.13. The SMILES string of the molecule is Cc1ccc([N+](=O)[O-])cc1NCC[C@H]1CCCN1. The van der Waals surface area contributed by atoms with Crippen LogP contribution >= 0.6 is 0 Å². The zero-order valence-electron chi connectivity index (χ0n) is 10.6. The van der Waals surface area contributed by atoms with Crippen molar-refractivity contribution in [3.05, 3.63) is 33.9 Å². The first-order valence-corrected chi connectivity index (χ1v) is 6.39. The molecule has 1 heterocycles. The standard InChI is InChI=1S/C13H19N3O2/c1-10-4-5-12(16(17)18)9-13(10)15-8-6-11-3-2-7-14-11/h4-5,9,11,14-15H,2-3,6-8H2,1H3/t11-/m1/s1. The number of rotatable bonds is 5. The molecule has 5 nitrogen and oxygen atoms in total. The van der Waals surface area contributed by atoms with E-state index in [-0.39, 0.29) is 10.6 Å². The van der Waals surface area contributed by atoms with Crippen LogP contribution in [-0.4, -0.2) is 24.1 Å². The van der Waals surface area contributed by atoms with E-state index in [2.05, 4.69) is 10.6 Å². The average Bonchev–Trinajstić information content (AvgIpc) is 2.84. The molecule has 0 amide bonds. The maximum Gasteiger partial charge on any atom is 0.271 e. The average molecular weight is 249 g/mol. The molecular formula is C13H19N3O2. The molecule has 1 atom stereocenters. The van der Waals surface area contributed by atoms with E-state index in [1.165, 1.54) is 12.8 Å². The molecule has 0 saturated carbocycles. The Labute approximate surface area is 107 Å². The van der Waals surface area contributed by atoms with E-state index in [9.17, 15) is 10.1 Å². The highest BCUT2D eigenvalue weighted by atomic mass is 16.6. The van der Waals surface area contributed by atoms with Crippen molar-refractivity contribution in [3.63, 3.8) is 0 Å². The molecule has 1 aliphatic rings. The number of nitro groups is 1. The van der Waals surface area contributed by atoms with Crippen LogP contribution in [0.5, 0.6) is 0 Å². The molecule has 0 spiro atoms. The fourth-order valence-corrected chi connectivity index (χ4v) is 2.30. The Morgan fingerprint density at radius 3 is 3.06 bits per heavy atom. The van der Waals surface area contributed by atoms with Crippen molar-refractivity contribution in [1.29, 1.82) is 0 Å². The first kappa shape index (κ1) is 12.8. The number of nitrogens with zero attached hydrogens (tertiary/aromatic N) is 1. The number of non-ortho nitro benzene ring substituents is 1. The van der Waals surface area contributed by atoms with Crippen LogP contribution in [0.3, 0.4) is 0 Å². The summed E-state index contributed by atoms with van der Waals surface area (Å²) < 4.78 is 0. The molecule has 0 bridgehead atoms. The van der Waals surface area contributed by atoms with Crippen molar-refractivity contribution in [2.45, 2.75) is 32.2 Å². The Morgan fingerprint density at radius 2 is 2.39 bits per heavy atom. The molecule has 0 radical (unpaired) electrons. The second-order valence-corrected chi connectivity index (χ2v) is 4.77. The van der Waals surface area contributed by atoms with Gasteiger partial charge in [-0.25, -0.2) is 0 Å². The van der Waals surface area contributed by atoms with Crippen molar-refractivity contribution in [1.82, 2.24) is 5.32 Å². The van der Waals surface area contributed by atoms with Gasteiger partial charge in [-0.05, 0) is 38.3 Å². The van der Waals surface area contributed by atoms with Crippen LogP contribution < -0.4 is 10.6 Å². The molecule has 1 aliphatic heterocycles. The molecule has 1 saturated heterocycles. The third-order valence-corrected chi connectivity index (χ3v) is 3.40. The smallest absolute Gasteiger partial charge is 0.271 e. The largest absolute Gasteiger partial charge is 0.385 e. The molecule has 0 aromatic heterocycles. The summed E-state index contributed by atoms with van der Waals surface area (Å²) in [4.78, 5) is 10.4. The fourth-order valence-electron chi connectivity index (χ4n) is 2.30. The van der Waals surface area contributed by atoms with E-state index in [1.807, 2.05) is 6.92 Å². The molecule has 18 heavy (non-hydrogen) atoms. The number of nitrogens with one attached hydrogen (secondary N) is 2. The lowest BCUT2D eigenvalue weighted by Crippen LogP contribution is -2.24. The van der Waals surface area contributed by atoms with E-state index >= 15 is 0 Å². The summed E-state index contributed by atoms with van der Waals surface area (Å²) >= 11 is 0. The van der Waals surface area contributed by atoms with Gasteiger partial charge in [-0.1, -0.05) is 6.07 Å². The highest BCUT2D eigenvalue weighted by Crippen LogP contribution is 2.22. The number of hydrogen-bond donors (Lipinski definition) is 2. The zero-order chi connectivity index (χ0) is 13.0. The van der Waals surface area contributed by atoms with Crippen molar-refractivity contribution < 1.29 is 4.92 Å². The Balaban J connectivity index is 1.91. The van der Waals surface area contributed by atoms with Gasteiger partial charge in [-0.2, -0.15) is 0 Å². The van der Waals surface area contributed by atoms with E-state index in [0.717, 1.165) is 30.8 Å². The fraction of sp³-hybridized carbons (Fsp3) is 0.538. The molecule has 98 valence electrons.